The molecule has 0 fully saturated rings. The number of aromatic nitrogens is 1. The molecule has 0 bridgehead atoms. The minimum atomic E-state index is 0.977. The van der Waals surface area contributed by atoms with Crippen LogP contribution in [-0.2, 0) is 6.54 Å². The molecule has 17 heavy (non-hydrogen) atoms. The Kier molecular flexibility index (Phi) is 1.67. The van der Waals surface area contributed by atoms with Crippen molar-refractivity contribution in [1.29, 1.82) is 0 Å². The predicted molar refractivity (Wildman–Crippen MR) is 68.7 cm³/mol. The van der Waals surface area contributed by atoms with Gasteiger partial charge in [-0.2, -0.15) is 4.57 Å². The summed E-state index contributed by atoms with van der Waals surface area (Å²) in [5.74, 6) is 0. The van der Waals surface area contributed by atoms with E-state index in [1.807, 2.05) is 0 Å². The third kappa shape index (κ3) is 1.17. The van der Waals surface area contributed by atoms with Gasteiger partial charge in [-0.3, -0.25) is 0 Å². The summed E-state index contributed by atoms with van der Waals surface area (Å²) in [6, 6.07) is 19.5. The molecule has 0 aliphatic carbocycles. The lowest BCUT2D eigenvalue weighted by atomic mass is 9.94. The molecule has 1 aliphatic rings. The Balaban J connectivity index is 2.22. The molecule has 0 saturated carbocycles. The Bertz CT molecular complexity index is 723. The van der Waals surface area contributed by atoms with Crippen molar-refractivity contribution in [2.45, 2.75) is 6.54 Å². The topological polar surface area (TPSA) is 3.88 Å². The van der Waals surface area contributed by atoms with Crippen LogP contribution in [0.15, 0.2) is 60.8 Å². The third-order valence-electron chi connectivity index (χ3n) is 3.55. The Morgan fingerprint density at radius 3 is 2.65 bits per heavy atom. The molecular formula is C16H12N+. The highest BCUT2D eigenvalue weighted by molar-refractivity contribution is 5.98. The van der Waals surface area contributed by atoms with Crippen LogP contribution in [-0.4, -0.2) is 0 Å². The first-order chi connectivity index (χ1) is 8.43. The number of rotatable bonds is 0. The predicted octanol–water partition coefficient (Wildman–Crippen LogP) is 3.16. The molecule has 0 unspecified atom stereocenters. The molecule has 1 nitrogen and oxygen atoms in total. The Hall–Kier alpha value is -2.15. The molecule has 0 spiro atoms. The van der Waals surface area contributed by atoms with Gasteiger partial charge in [0.1, 0.15) is 0 Å². The van der Waals surface area contributed by atoms with Crippen LogP contribution < -0.4 is 4.57 Å². The van der Waals surface area contributed by atoms with E-state index in [0.717, 1.165) is 6.54 Å². The fraction of sp³-hybridized carbons (Fsp3) is 0.0625. The standard InChI is InChI=1S/C16H12N/c1-2-10-17-11-13-7-3-5-12-6-4-8-14(16(12)13)15(17)9-1/h1-10H,11H2/q+1. The van der Waals surface area contributed by atoms with Gasteiger partial charge in [-0.1, -0.05) is 30.3 Å². The average Bonchev–Trinajstić information content (AvgIpc) is 2.39. The first-order valence-corrected chi connectivity index (χ1v) is 5.93. The number of fused-ring (bicyclic) bond motifs is 2. The summed E-state index contributed by atoms with van der Waals surface area (Å²) in [4.78, 5) is 0. The zero-order valence-electron chi connectivity index (χ0n) is 9.43. The normalized spacial score (nSPS) is 12.5. The van der Waals surface area contributed by atoms with Gasteiger partial charge in [0.2, 0.25) is 5.69 Å². The lowest BCUT2D eigenvalue weighted by Gasteiger charge is -2.15. The molecule has 3 aromatic rings. The largest absolute Gasteiger partial charge is 0.213 e. The smallest absolute Gasteiger partial charge is 0.194 e. The van der Waals surface area contributed by atoms with Gasteiger partial charge < -0.3 is 0 Å². The van der Waals surface area contributed by atoms with E-state index in [4.69, 9.17) is 0 Å². The van der Waals surface area contributed by atoms with Gasteiger partial charge in [0, 0.05) is 23.1 Å². The van der Waals surface area contributed by atoms with Crippen LogP contribution in [0.25, 0.3) is 22.0 Å². The molecule has 0 saturated heterocycles. The number of pyridine rings is 1. The third-order valence-corrected chi connectivity index (χ3v) is 3.55. The summed E-state index contributed by atoms with van der Waals surface area (Å²) in [7, 11) is 0. The maximum absolute atomic E-state index is 2.32. The van der Waals surface area contributed by atoms with Crippen LogP contribution >= 0.6 is 0 Å². The van der Waals surface area contributed by atoms with E-state index < -0.39 is 0 Å². The maximum Gasteiger partial charge on any atom is 0.213 e. The molecule has 1 aliphatic heterocycles. The lowest BCUT2D eigenvalue weighted by Crippen LogP contribution is -2.38. The monoisotopic (exact) mass is 218 g/mol. The summed E-state index contributed by atoms with van der Waals surface area (Å²) < 4.78 is 2.32. The molecule has 2 heterocycles. The molecule has 4 rings (SSSR count). The lowest BCUT2D eigenvalue weighted by molar-refractivity contribution is -0.678. The van der Waals surface area contributed by atoms with E-state index in [-0.39, 0.29) is 0 Å². The summed E-state index contributed by atoms with van der Waals surface area (Å²) in [5.41, 5.74) is 4.09. The van der Waals surface area contributed by atoms with Crippen molar-refractivity contribution >= 4 is 10.8 Å². The minimum Gasteiger partial charge on any atom is -0.194 e. The van der Waals surface area contributed by atoms with Gasteiger partial charge in [0.15, 0.2) is 12.7 Å². The van der Waals surface area contributed by atoms with Crippen molar-refractivity contribution in [3.8, 4) is 11.3 Å². The average molecular weight is 218 g/mol. The fourth-order valence-electron chi connectivity index (χ4n) is 2.81. The van der Waals surface area contributed by atoms with Gasteiger partial charge in [-0.05, 0) is 17.5 Å². The Morgan fingerprint density at radius 2 is 1.71 bits per heavy atom. The molecule has 2 aromatic carbocycles. The van der Waals surface area contributed by atoms with Crippen LogP contribution in [0.2, 0.25) is 0 Å². The fourth-order valence-corrected chi connectivity index (χ4v) is 2.81. The van der Waals surface area contributed by atoms with Crippen molar-refractivity contribution in [2.24, 2.45) is 0 Å². The first kappa shape index (κ1) is 8.94. The van der Waals surface area contributed by atoms with E-state index in [2.05, 4.69) is 65.4 Å². The highest BCUT2D eigenvalue weighted by atomic mass is 15.0. The second-order valence-corrected chi connectivity index (χ2v) is 4.53. The van der Waals surface area contributed by atoms with Crippen molar-refractivity contribution in [3.05, 3.63) is 66.4 Å². The van der Waals surface area contributed by atoms with Gasteiger partial charge in [0.05, 0.1) is 5.56 Å². The van der Waals surface area contributed by atoms with Gasteiger partial charge in [-0.25, -0.2) is 0 Å². The van der Waals surface area contributed by atoms with Crippen LogP contribution in [0.4, 0.5) is 0 Å². The molecule has 80 valence electrons. The van der Waals surface area contributed by atoms with E-state index in [0.29, 0.717) is 0 Å². The molecule has 0 radical (unpaired) electrons. The van der Waals surface area contributed by atoms with Crippen LogP contribution in [0.1, 0.15) is 5.56 Å². The van der Waals surface area contributed by atoms with Crippen LogP contribution in [0.3, 0.4) is 0 Å². The van der Waals surface area contributed by atoms with Crippen LogP contribution in [0.5, 0.6) is 0 Å². The Labute approximate surface area is 100.0 Å². The quantitative estimate of drug-likeness (QED) is 0.399. The molecule has 0 N–H and O–H groups in total. The molecule has 0 amide bonds. The van der Waals surface area contributed by atoms with Gasteiger partial charge in [-0.15, -0.1) is 0 Å². The maximum atomic E-state index is 2.32. The zero-order chi connectivity index (χ0) is 11.2. The van der Waals surface area contributed by atoms with Crippen LogP contribution in [0, 0.1) is 0 Å². The van der Waals surface area contributed by atoms with Gasteiger partial charge >= 0.3 is 0 Å². The zero-order valence-corrected chi connectivity index (χ0v) is 9.43. The van der Waals surface area contributed by atoms with E-state index >= 15 is 0 Å². The van der Waals surface area contributed by atoms with Crippen molar-refractivity contribution in [2.75, 3.05) is 0 Å². The second kappa shape index (κ2) is 3.17. The summed E-state index contributed by atoms with van der Waals surface area (Å²) in [6.07, 6.45) is 2.16. The number of hydrogen-bond donors (Lipinski definition) is 0. The molecular weight excluding hydrogens is 206 g/mol. The van der Waals surface area contributed by atoms with E-state index in [9.17, 15) is 0 Å². The summed E-state index contributed by atoms with van der Waals surface area (Å²) >= 11 is 0. The Morgan fingerprint density at radius 1 is 0.824 bits per heavy atom. The highest BCUT2D eigenvalue weighted by Crippen LogP contribution is 2.32. The van der Waals surface area contributed by atoms with Crippen molar-refractivity contribution in [3.63, 3.8) is 0 Å². The number of benzene rings is 2. The summed E-state index contributed by atoms with van der Waals surface area (Å²) in [5, 5.41) is 2.76. The molecule has 1 aromatic heterocycles. The molecule has 0 atom stereocenters. The van der Waals surface area contributed by atoms with Crippen molar-refractivity contribution < 1.29 is 4.57 Å². The first-order valence-electron chi connectivity index (χ1n) is 5.93. The minimum absolute atomic E-state index is 0.977. The SMILES string of the molecule is c1cc[n+]2c(c1)-c1cccc3cccc(c13)C2. The van der Waals surface area contributed by atoms with Crippen molar-refractivity contribution in [1.82, 2.24) is 0 Å². The highest BCUT2D eigenvalue weighted by Gasteiger charge is 2.22. The second-order valence-electron chi connectivity index (χ2n) is 4.53. The van der Waals surface area contributed by atoms with Gasteiger partial charge in [0.25, 0.3) is 0 Å². The number of nitrogens with zero attached hydrogens (tertiary/aromatic N) is 1. The molecule has 1 heteroatoms. The van der Waals surface area contributed by atoms with E-state index in [1.165, 1.54) is 27.6 Å². The van der Waals surface area contributed by atoms with E-state index in [1.54, 1.807) is 0 Å². The summed E-state index contributed by atoms with van der Waals surface area (Å²) in [6.45, 7) is 0.977. The number of hydrogen-bond acceptors (Lipinski definition) is 0.